The van der Waals surface area contributed by atoms with Crippen LogP contribution in [0.15, 0.2) is 16.8 Å². The van der Waals surface area contributed by atoms with Crippen molar-refractivity contribution in [2.24, 2.45) is 5.92 Å². The molecule has 3 nitrogen and oxygen atoms in total. The Hall–Kier alpha value is -0.420. The predicted molar refractivity (Wildman–Crippen MR) is 77.1 cm³/mol. The van der Waals surface area contributed by atoms with E-state index in [1.165, 1.54) is 5.56 Å². The van der Waals surface area contributed by atoms with Gasteiger partial charge in [0.05, 0.1) is 6.10 Å². The van der Waals surface area contributed by atoms with E-state index in [0.29, 0.717) is 5.92 Å². The van der Waals surface area contributed by atoms with E-state index < -0.39 is 0 Å². The Labute approximate surface area is 114 Å². The first-order chi connectivity index (χ1) is 8.65. The van der Waals surface area contributed by atoms with Crippen molar-refractivity contribution >= 4 is 11.3 Å². The van der Waals surface area contributed by atoms with Gasteiger partial charge in [0.15, 0.2) is 0 Å². The Bertz CT molecular complexity index is 340. The maximum atomic E-state index is 10.0. The molecule has 0 spiro atoms. The summed E-state index contributed by atoms with van der Waals surface area (Å²) in [7, 11) is 4.16. The highest BCUT2D eigenvalue weighted by atomic mass is 32.1. The third-order valence-corrected chi connectivity index (χ3v) is 4.41. The Morgan fingerprint density at radius 2 is 2.33 bits per heavy atom. The van der Waals surface area contributed by atoms with Gasteiger partial charge >= 0.3 is 0 Å². The summed E-state index contributed by atoms with van der Waals surface area (Å²) in [5.41, 5.74) is 1.44. The molecule has 1 aliphatic heterocycles. The summed E-state index contributed by atoms with van der Waals surface area (Å²) in [5, 5.41) is 14.4. The van der Waals surface area contributed by atoms with Crippen LogP contribution in [0.1, 0.15) is 12.0 Å². The van der Waals surface area contributed by atoms with Crippen molar-refractivity contribution in [1.29, 1.82) is 0 Å². The van der Waals surface area contributed by atoms with Crippen LogP contribution in [0.25, 0.3) is 0 Å². The minimum absolute atomic E-state index is 0.121. The number of hydrogen-bond donors (Lipinski definition) is 1. The summed E-state index contributed by atoms with van der Waals surface area (Å²) >= 11 is 1.77. The Morgan fingerprint density at radius 1 is 1.50 bits per heavy atom. The lowest BCUT2D eigenvalue weighted by Crippen LogP contribution is -2.47. The summed E-state index contributed by atoms with van der Waals surface area (Å²) in [4.78, 5) is 4.68. The second-order valence-corrected chi connectivity index (χ2v) is 6.34. The van der Waals surface area contributed by atoms with Crippen LogP contribution in [-0.2, 0) is 6.42 Å². The van der Waals surface area contributed by atoms with Crippen LogP contribution in [-0.4, -0.2) is 61.3 Å². The molecule has 2 rings (SSSR count). The average molecular weight is 268 g/mol. The van der Waals surface area contributed by atoms with Crippen LogP contribution in [0.4, 0.5) is 0 Å². The summed E-state index contributed by atoms with van der Waals surface area (Å²) < 4.78 is 0. The van der Waals surface area contributed by atoms with Crippen LogP contribution in [0.2, 0.25) is 0 Å². The average Bonchev–Trinajstić information content (AvgIpc) is 2.82. The third-order valence-electron chi connectivity index (χ3n) is 3.67. The maximum absolute atomic E-state index is 10.0. The molecular formula is C14H24N2OS. The predicted octanol–water partition coefficient (Wildman–Crippen LogP) is 1.53. The van der Waals surface area contributed by atoms with Crippen molar-refractivity contribution in [3.05, 3.63) is 22.4 Å². The van der Waals surface area contributed by atoms with Crippen LogP contribution in [0.3, 0.4) is 0 Å². The number of nitrogens with zero attached hydrogens (tertiary/aromatic N) is 2. The quantitative estimate of drug-likeness (QED) is 0.877. The molecule has 1 aliphatic rings. The number of aliphatic hydroxyl groups excluding tert-OH is 1. The summed E-state index contributed by atoms with van der Waals surface area (Å²) in [6, 6.07) is 2.21. The Kier molecular flexibility index (Phi) is 5.18. The fourth-order valence-electron chi connectivity index (χ4n) is 2.67. The molecule has 0 bridgehead atoms. The molecule has 0 saturated carbocycles. The van der Waals surface area contributed by atoms with Gasteiger partial charge in [0.2, 0.25) is 0 Å². The third kappa shape index (κ3) is 4.05. The van der Waals surface area contributed by atoms with Gasteiger partial charge in [0.1, 0.15) is 0 Å². The number of aliphatic hydroxyl groups is 1. The van der Waals surface area contributed by atoms with E-state index in [1.54, 1.807) is 11.3 Å². The fraction of sp³-hybridized carbons (Fsp3) is 0.714. The molecule has 2 heterocycles. The number of piperidine rings is 1. The van der Waals surface area contributed by atoms with E-state index in [-0.39, 0.29) is 6.10 Å². The highest BCUT2D eigenvalue weighted by Gasteiger charge is 2.27. The van der Waals surface area contributed by atoms with Gasteiger partial charge in [-0.15, -0.1) is 0 Å². The van der Waals surface area contributed by atoms with Crippen molar-refractivity contribution in [2.45, 2.75) is 18.9 Å². The highest BCUT2D eigenvalue weighted by Crippen LogP contribution is 2.18. The minimum atomic E-state index is -0.121. The summed E-state index contributed by atoms with van der Waals surface area (Å²) in [6.45, 7) is 4.17. The standard InChI is InChI=1S/C14H24N2OS/c1-15(2)9-13-10-16(7-4-14(13)17)6-3-12-5-8-18-11-12/h5,8,11,13-14,17H,3-4,6-7,9-10H2,1-2H3. The van der Waals surface area contributed by atoms with Gasteiger partial charge in [0.25, 0.3) is 0 Å². The van der Waals surface area contributed by atoms with Gasteiger partial charge < -0.3 is 14.9 Å². The van der Waals surface area contributed by atoms with Crippen molar-refractivity contribution in [3.8, 4) is 0 Å². The van der Waals surface area contributed by atoms with E-state index in [9.17, 15) is 5.11 Å². The second-order valence-electron chi connectivity index (χ2n) is 5.56. The van der Waals surface area contributed by atoms with E-state index in [0.717, 1.165) is 39.0 Å². The number of hydrogen-bond acceptors (Lipinski definition) is 4. The van der Waals surface area contributed by atoms with E-state index in [1.807, 2.05) is 0 Å². The largest absolute Gasteiger partial charge is 0.393 e. The maximum Gasteiger partial charge on any atom is 0.0605 e. The van der Waals surface area contributed by atoms with Crippen molar-refractivity contribution in [3.63, 3.8) is 0 Å². The van der Waals surface area contributed by atoms with Crippen LogP contribution >= 0.6 is 11.3 Å². The molecular weight excluding hydrogens is 244 g/mol. The minimum Gasteiger partial charge on any atom is -0.393 e. The summed E-state index contributed by atoms with van der Waals surface area (Å²) in [5.74, 6) is 0.399. The van der Waals surface area contributed by atoms with E-state index >= 15 is 0 Å². The number of rotatable bonds is 5. The van der Waals surface area contributed by atoms with Crippen LogP contribution in [0, 0.1) is 5.92 Å². The molecule has 2 atom stereocenters. The lowest BCUT2D eigenvalue weighted by atomic mass is 9.94. The number of thiophene rings is 1. The van der Waals surface area contributed by atoms with Gasteiger partial charge in [0, 0.05) is 32.1 Å². The molecule has 1 N–H and O–H groups in total. The molecule has 4 heteroatoms. The Balaban J connectivity index is 1.79. The zero-order chi connectivity index (χ0) is 13.0. The smallest absolute Gasteiger partial charge is 0.0605 e. The second kappa shape index (κ2) is 6.66. The molecule has 1 aromatic rings. The topological polar surface area (TPSA) is 26.7 Å². The molecule has 1 aromatic heterocycles. The van der Waals surface area contributed by atoms with Crippen LogP contribution in [0.5, 0.6) is 0 Å². The SMILES string of the molecule is CN(C)CC1CN(CCc2ccsc2)CCC1O. The Morgan fingerprint density at radius 3 is 3.00 bits per heavy atom. The molecule has 0 aliphatic carbocycles. The molecule has 102 valence electrons. The van der Waals surface area contributed by atoms with Gasteiger partial charge in [-0.2, -0.15) is 11.3 Å². The van der Waals surface area contributed by atoms with Crippen molar-refractivity contribution in [2.75, 3.05) is 40.3 Å². The van der Waals surface area contributed by atoms with Crippen molar-refractivity contribution < 1.29 is 5.11 Å². The van der Waals surface area contributed by atoms with E-state index in [4.69, 9.17) is 0 Å². The van der Waals surface area contributed by atoms with Gasteiger partial charge in [-0.25, -0.2) is 0 Å². The first-order valence-electron chi connectivity index (χ1n) is 6.71. The number of likely N-dealkylation sites (tertiary alicyclic amines) is 1. The first-order valence-corrected chi connectivity index (χ1v) is 7.65. The molecule has 0 aromatic carbocycles. The van der Waals surface area contributed by atoms with E-state index in [2.05, 4.69) is 40.7 Å². The lowest BCUT2D eigenvalue weighted by molar-refractivity contribution is 0.0163. The molecule has 0 radical (unpaired) electrons. The fourth-order valence-corrected chi connectivity index (χ4v) is 3.37. The first kappa shape index (κ1) is 14.0. The zero-order valence-electron chi connectivity index (χ0n) is 11.4. The van der Waals surface area contributed by atoms with Crippen LogP contribution < -0.4 is 0 Å². The molecule has 1 saturated heterocycles. The molecule has 18 heavy (non-hydrogen) atoms. The van der Waals surface area contributed by atoms with Gasteiger partial charge in [-0.05, 0) is 49.3 Å². The zero-order valence-corrected chi connectivity index (χ0v) is 12.2. The molecule has 2 unspecified atom stereocenters. The van der Waals surface area contributed by atoms with Crippen molar-refractivity contribution in [1.82, 2.24) is 9.80 Å². The van der Waals surface area contributed by atoms with Gasteiger partial charge in [-0.1, -0.05) is 0 Å². The normalized spacial score (nSPS) is 25.8. The molecule has 1 fully saturated rings. The molecule has 0 amide bonds. The highest BCUT2D eigenvalue weighted by molar-refractivity contribution is 7.07. The summed E-state index contributed by atoms with van der Waals surface area (Å²) in [6.07, 6.45) is 1.93. The lowest BCUT2D eigenvalue weighted by Gasteiger charge is -2.37. The monoisotopic (exact) mass is 268 g/mol. The van der Waals surface area contributed by atoms with Gasteiger partial charge in [-0.3, -0.25) is 0 Å².